The molecule has 0 bridgehead atoms. The minimum atomic E-state index is -1.34. The zero-order valence-electron chi connectivity index (χ0n) is 16.5. The van der Waals surface area contributed by atoms with E-state index >= 15 is 0 Å². The zero-order valence-corrected chi connectivity index (χ0v) is 16.5. The summed E-state index contributed by atoms with van der Waals surface area (Å²) in [5.74, 6) is 1.72. The maximum atomic E-state index is 12.2. The minimum absolute atomic E-state index is 0.0177. The molecule has 0 aliphatic carbocycles. The lowest BCUT2D eigenvalue weighted by Crippen LogP contribution is -2.62. The van der Waals surface area contributed by atoms with Gasteiger partial charge in [-0.05, 0) is 43.7 Å². The summed E-state index contributed by atoms with van der Waals surface area (Å²) in [4.78, 5) is 13.6. The van der Waals surface area contributed by atoms with Crippen LogP contribution in [0.25, 0.3) is 6.08 Å². The van der Waals surface area contributed by atoms with Crippen molar-refractivity contribution in [1.29, 1.82) is 0 Å². The summed E-state index contributed by atoms with van der Waals surface area (Å²) in [6.45, 7) is 3.90. The molecule has 0 saturated carbocycles. The van der Waals surface area contributed by atoms with Gasteiger partial charge in [-0.25, -0.2) is 0 Å². The van der Waals surface area contributed by atoms with Crippen LogP contribution in [0, 0.1) is 10.1 Å². The first kappa shape index (κ1) is 18.2. The number of hydrogen-bond acceptors (Lipinski definition) is 6. The second-order valence-electron chi connectivity index (χ2n) is 7.48. The monoisotopic (exact) mass is 382 g/mol. The summed E-state index contributed by atoms with van der Waals surface area (Å²) in [7, 11) is 4.98. The lowest BCUT2D eigenvalue weighted by Gasteiger charge is -2.45. The molecule has 0 N–H and O–H groups in total. The van der Waals surface area contributed by atoms with Gasteiger partial charge < -0.3 is 19.1 Å². The lowest BCUT2D eigenvalue weighted by atomic mass is 9.74. The molecule has 28 heavy (non-hydrogen) atoms. The molecule has 1 spiro atoms. The van der Waals surface area contributed by atoms with E-state index in [9.17, 15) is 10.1 Å². The fourth-order valence-corrected chi connectivity index (χ4v) is 4.43. The second kappa shape index (κ2) is 5.89. The summed E-state index contributed by atoms with van der Waals surface area (Å²) >= 11 is 0. The van der Waals surface area contributed by atoms with E-state index in [1.165, 1.54) is 0 Å². The topological polar surface area (TPSA) is 74.1 Å². The van der Waals surface area contributed by atoms with Crippen LogP contribution in [0.15, 0.2) is 42.1 Å². The first-order valence-electron chi connectivity index (χ1n) is 8.93. The molecule has 0 unspecified atom stereocenters. The third kappa shape index (κ3) is 2.10. The van der Waals surface area contributed by atoms with Gasteiger partial charge in [0.15, 0.2) is 11.5 Å². The Kier molecular flexibility index (Phi) is 3.82. The van der Waals surface area contributed by atoms with Crippen molar-refractivity contribution < 1.29 is 19.1 Å². The summed E-state index contributed by atoms with van der Waals surface area (Å²) < 4.78 is 17.4. The molecule has 0 radical (unpaired) electrons. The number of nitrogens with zero attached hydrogens (tertiary/aromatic N) is 2. The van der Waals surface area contributed by atoms with Gasteiger partial charge in [0.05, 0.1) is 24.6 Å². The van der Waals surface area contributed by atoms with Gasteiger partial charge in [0, 0.05) is 24.4 Å². The van der Waals surface area contributed by atoms with Gasteiger partial charge in [-0.3, -0.25) is 10.1 Å². The highest BCUT2D eigenvalue weighted by molar-refractivity contribution is 5.75. The first-order chi connectivity index (χ1) is 13.3. The van der Waals surface area contributed by atoms with E-state index in [0.29, 0.717) is 22.8 Å². The van der Waals surface area contributed by atoms with Crippen LogP contribution in [0.2, 0.25) is 0 Å². The zero-order chi connectivity index (χ0) is 20.3. The van der Waals surface area contributed by atoms with Gasteiger partial charge in [0.2, 0.25) is 0 Å². The molecule has 2 heterocycles. The van der Waals surface area contributed by atoms with Crippen LogP contribution in [-0.4, -0.2) is 31.9 Å². The quantitative estimate of drug-likeness (QED) is 0.593. The van der Waals surface area contributed by atoms with Gasteiger partial charge in [-0.1, -0.05) is 12.1 Å². The molecule has 0 saturated heterocycles. The molecular weight excluding hydrogens is 360 g/mol. The van der Waals surface area contributed by atoms with E-state index in [0.717, 1.165) is 11.3 Å². The van der Waals surface area contributed by atoms with Crippen LogP contribution in [0.3, 0.4) is 0 Å². The average molecular weight is 382 g/mol. The first-order valence-corrected chi connectivity index (χ1v) is 8.93. The molecule has 0 amide bonds. The molecular formula is C21H22N2O5. The number of benzene rings is 2. The number of nitro groups is 1. The van der Waals surface area contributed by atoms with Gasteiger partial charge in [0.25, 0.3) is 5.72 Å². The highest BCUT2D eigenvalue weighted by atomic mass is 16.6. The Bertz CT molecular complexity index is 1010. The number of likely N-dealkylation sites (N-methyl/N-ethyl adjacent to an activating group) is 1. The second-order valence-corrected chi connectivity index (χ2v) is 7.48. The van der Waals surface area contributed by atoms with Crippen LogP contribution in [0.5, 0.6) is 17.2 Å². The summed E-state index contributed by atoms with van der Waals surface area (Å²) in [6, 6.07) is 11.0. The summed E-state index contributed by atoms with van der Waals surface area (Å²) in [5, 5.41) is 12.2. The SMILES string of the molecule is COc1ccc2c(c1)C(C)(C)[C@@]1(Oc3c(cccc3OC)C=C1[N+](=O)[O-])N2C. The Morgan fingerprint density at radius 3 is 2.54 bits per heavy atom. The van der Waals surface area contributed by atoms with Crippen molar-refractivity contribution in [2.75, 3.05) is 26.2 Å². The van der Waals surface area contributed by atoms with Crippen molar-refractivity contribution in [2.24, 2.45) is 0 Å². The largest absolute Gasteiger partial charge is 0.497 e. The fraction of sp³-hybridized carbons (Fsp3) is 0.333. The molecule has 0 aromatic heterocycles. The van der Waals surface area contributed by atoms with Crippen LogP contribution >= 0.6 is 0 Å². The number of hydrogen-bond donors (Lipinski definition) is 0. The number of ether oxygens (including phenoxy) is 3. The van der Waals surface area contributed by atoms with Crippen LogP contribution in [0.1, 0.15) is 25.0 Å². The highest BCUT2D eigenvalue weighted by Gasteiger charge is 2.67. The molecule has 1 atom stereocenters. The molecule has 146 valence electrons. The van der Waals surface area contributed by atoms with Crippen LogP contribution < -0.4 is 19.1 Å². The Hall–Kier alpha value is -3.22. The van der Waals surface area contributed by atoms with Gasteiger partial charge in [0.1, 0.15) is 5.75 Å². The molecule has 2 aromatic carbocycles. The standard InChI is InChI=1S/C21H22N2O5/c1-20(2)15-12-14(26-4)9-10-16(15)22(3)21(20)18(23(24)25)11-13-7-6-8-17(27-5)19(13)28-21/h6-12H,1-5H3/t21-/m1/s1. The van der Waals surface area contributed by atoms with Crippen molar-refractivity contribution in [2.45, 2.75) is 25.0 Å². The third-order valence-electron chi connectivity index (χ3n) is 5.87. The predicted octanol–water partition coefficient (Wildman–Crippen LogP) is 3.84. The maximum absolute atomic E-state index is 12.2. The van der Waals surface area contributed by atoms with Crippen molar-refractivity contribution in [3.8, 4) is 17.2 Å². The summed E-state index contributed by atoms with van der Waals surface area (Å²) in [6.07, 6.45) is 1.59. The predicted molar refractivity (Wildman–Crippen MR) is 106 cm³/mol. The van der Waals surface area contributed by atoms with Gasteiger partial charge in [-0.2, -0.15) is 0 Å². The number of rotatable bonds is 3. The Balaban J connectivity index is 2.01. The highest BCUT2D eigenvalue weighted by Crippen LogP contribution is 2.58. The molecule has 2 aliphatic heterocycles. The van der Waals surface area contributed by atoms with Crippen LogP contribution in [-0.2, 0) is 5.41 Å². The molecule has 7 nitrogen and oxygen atoms in total. The molecule has 7 heteroatoms. The van der Waals surface area contributed by atoms with E-state index < -0.39 is 11.1 Å². The van der Waals surface area contributed by atoms with Crippen molar-refractivity contribution >= 4 is 11.8 Å². The van der Waals surface area contributed by atoms with E-state index in [-0.39, 0.29) is 10.6 Å². The van der Waals surface area contributed by atoms with E-state index in [4.69, 9.17) is 14.2 Å². The maximum Gasteiger partial charge on any atom is 0.312 e. The van der Waals surface area contributed by atoms with E-state index in [1.807, 2.05) is 44.0 Å². The van der Waals surface area contributed by atoms with E-state index in [2.05, 4.69) is 0 Å². The van der Waals surface area contributed by atoms with Crippen molar-refractivity contribution in [1.82, 2.24) is 0 Å². The Labute approximate surface area is 163 Å². The van der Waals surface area contributed by atoms with E-state index in [1.54, 1.807) is 38.5 Å². The smallest absolute Gasteiger partial charge is 0.312 e. The molecule has 4 rings (SSSR count). The van der Waals surface area contributed by atoms with Crippen LogP contribution in [0.4, 0.5) is 5.69 Å². The van der Waals surface area contributed by atoms with Crippen molar-refractivity contribution in [3.05, 3.63) is 63.3 Å². The molecule has 2 aromatic rings. The van der Waals surface area contributed by atoms with Gasteiger partial charge in [-0.15, -0.1) is 0 Å². The number of fused-ring (bicyclic) bond motifs is 2. The van der Waals surface area contributed by atoms with Crippen molar-refractivity contribution in [3.63, 3.8) is 0 Å². The number of para-hydroxylation sites is 1. The minimum Gasteiger partial charge on any atom is -0.497 e. The normalized spacial score (nSPS) is 21.5. The Morgan fingerprint density at radius 2 is 1.89 bits per heavy atom. The molecule has 2 aliphatic rings. The number of anilines is 1. The Morgan fingerprint density at radius 1 is 1.14 bits per heavy atom. The van der Waals surface area contributed by atoms with Gasteiger partial charge >= 0.3 is 5.70 Å². The third-order valence-corrected chi connectivity index (χ3v) is 5.87. The fourth-order valence-electron chi connectivity index (χ4n) is 4.43. The average Bonchev–Trinajstić information content (AvgIpc) is 2.85. The number of methoxy groups -OCH3 is 2. The lowest BCUT2D eigenvalue weighted by molar-refractivity contribution is -0.444. The summed E-state index contributed by atoms with van der Waals surface area (Å²) in [5.41, 5.74) is 0.290. The molecule has 0 fully saturated rings.